The molecule has 90 valence electrons. The van der Waals surface area contributed by atoms with Gasteiger partial charge in [0.2, 0.25) is 0 Å². The van der Waals surface area contributed by atoms with Gasteiger partial charge in [-0.15, -0.1) is 0 Å². The molecule has 0 fully saturated rings. The first kappa shape index (κ1) is 12.0. The molecule has 0 spiro atoms. The number of oxazole rings is 1. The van der Waals surface area contributed by atoms with Crippen molar-refractivity contribution >= 4 is 27.3 Å². The fraction of sp³-hybridized carbons (Fsp3) is 0.100. The van der Waals surface area contributed by atoms with Gasteiger partial charge >= 0.3 is 0 Å². The van der Waals surface area contributed by atoms with E-state index in [2.05, 4.69) is 4.98 Å². The predicted molar refractivity (Wildman–Crippen MR) is 64.6 cm³/mol. The van der Waals surface area contributed by atoms with E-state index >= 15 is 0 Å². The maximum atomic E-state index is 11.3. The molecule has 0 saturated carbocycles. The Kier molecular flexibility index (Phi) is 3.12. The van der Waals surface area contributed by atoms with Crippen LogP contribution < -0.4 is 5.73 Å². The average Bonchev–Trinajstić information content (AvgIpc) is 2.72. The second-order valence-electron chi connectivity index (χ2n) is 3.37. The van der Waals surface area contributed by atoms with Crippen LogP contribution in [-0.2, 0) is 9.84 Å². The van der Waals surface area contributed by atoms with Crippen molar-refractivity contribution in [1.82, 2.24) is 4.98 Å². The van der Waals surface area contributed by atoms with Gasteiger partial charge in [0.25, 0.3) is 5.22 Å². The number of nitrogen functional groups attached to an aromatic ring is 1. The Labute approximate surface area is 103 Å². The molecule has 2 N–H and O–H groups in total. The lowest BCUT2D eigenvalue weighted by Gasteiger charge is -2.04. The van der Waals surface area contributed by atoms with Crippen LogP contribution in [0.3, 0.4) is 0 Å². The third-order valence-corrected chi connectivity index (χ3v) is 4.09. The van der Waals surface area contributed by atoms with Gasteiger partial charge < -0.3 is 10.2 Å². The third-order valence-electron chi connectivity index (χ3n) is 2.02. The van der Waals surface area contributed by atoms with Crippen molar-refractivity contribution in [3.05, 3.63) is 30.7 Å². The van der Waals surface area contributed by atoms with E-state index in [0.717, 1.165) is 6.26 Å². The number of hydrogen-bond donors (Lipinski definition) is 1. The van der Waals surface area contributed by atoms with Gasteiger partial charge in [-0.2, -0.15) is 0 Å². The summed E-state index contributed by atoms with van der Waals surface area (Å²) in [5.74, 6) is 0. The fourth-order valence-corrected chi connectivity index (χ4v) is 2.58. The van der Waals surface area contributed by atoms with Crippen LogP contribution in [0.25, 0.3) is 0 Å². The van der Waals surface area contributed by atoms with E-state index in [4.69, 9.17) is 10.2 Å². The summed E-state index contributed by atoms with van der Waals surface area (Å²) in [7, 11) is -3.23. The summed E-state index contributed by atoms with van der Waals surface area (Å²) in [5, 5.41) is 0.462. The fourth-order valence-electron chi connectivity index (χ4n) is 1.20. The van der Waals surface area contributed by atoms with E-state index in [9.17, 15) is 8.42 Å². The molecule has 0 aliphatic heterocycles. The van der Waals surface area contributed by atoms with Crippen LogP contribution in [0.15, 0.2) is 50.1 Å². The molecule has 0 unspecified atom stereocenters. The van der Waals surface area contributed by atoms with Crippen LogP contribution in [0.4, 0.5) is 5.69 Å². The summed E-state index contributed by atoms with van der Waals surface area (Å²) >= 11 is 1.24. The molecular weight excluding hydrogens is 260 g/mol. The Hall–Kier alpha value is -1.47. The standard InChI is InChI=1S/C10H10N2O3S2/c1-17(13,14)7-2-3-9(8(11)6-7)16-10-12-4-5-15-10/h2-6H,11H2,1H3. The highest BCUT2D eigenvalue weighted by atomic mass is 32.2. The lowest BCUT2D eigenvalue weighted by atomic mass is 10.3. The van der Waals surface area contributed by atoms with Crippen molar-refractivity contribution in [2.24, 2.45) is 0 Å². The van der Waals surface area contributed by atoms with Crippen LogP contribution in [0.1, 0.15) is 0 Å². The first-order valence-corrected chi connectivity index (χ1v) is 7.34. The second kappa shape index (κ2) is 4.42. The van der Waals surface area contributed by atoms with Crippen LogP contribution >= 0.6 is 11.8 Å². The molecule has 0 atom stereocenters. The van der Waals surface area contributed by atoms with Crippen molar-refractivity contribution in [3.8, 4) is 0 Å². The monoisotopic (exact) mass is 270 g/mol. The number of nitrogens with two attached hydrogens (primary N) is 1. The van der Waals surface area contributed by atoms with Crippen LogP contribution in [-0.4, -0.2) is 19.7 Å². The normalized spacial score (nSPS) is 11.6. The minimum Gasteiger partial charge on any atom is -0.440 e. The minimum absolute atomic E-state index is 0.201. The van der Waals surface area contributed by atoms with Crippen molar-refractivity contribution < 1.29 is 12.8 Å². The zero-order valence-electron chi connectivity index (χ0n) is 8.95. The number of rotatable bonds is 3. The van der Waals surface area contributed by atoms with Crippen molar-refractivity contribution in [2.75, 3.05) is 12.0 Å². The summed E-state index contributed by atoms with van der Waals surface area (Å²) in [4.78, 5) is 4.86. The Morgan fingerprint density at radius 3 is 2.71 bits per heavy atom. The highest BCUT2D eigenvalue weighted by Crippen LogP contribution is 2.32. The molecule has 1 aromatic carbocycles. The minimum atomic E-state index is -3.23. The van der Waals surface area contributed by atoms with Gasteiger partial charge in [-0.25, -0.2) is 13.4 Å². The largest absolute Gasteiger partial charge is 0.440 e. The highest BCUT2D eigenvalue weighted by Gasteiger charge is 2.11. The van der Waals surface area contributed by atoms with Crippen molar-refractivity contribution in [3.63, 3.8) is 0 Å². The number of sulfone groups is 1. The molecule has 0 aliphatic carbocycles. The molecule has 17 heavy (non-hydrogen) atoms. The Bertz CT molecular complexity index is 621. The van der Waals surface area contributed by atoms with Gasteiger partial charge in [-0.1, -0.05) is 0 Å². The molecule has 0 aliphatic rings. The smallest absolute Gasteiger partial charge is 0.260 e. The van der Waals surface area contributed by atoms with Gasteiger partial charge in [-0.3, -0.25) is 0 Å². The molecule has 2 rings (SSSR count). The zero-order valence-corrected chi connectivity index (χ0v) is 10.6. The number of nitrogens with zero attached hydrogens (tertiary/aromatic N) is 1. The zero-order chi connectivity index (χ0) is 12.5. The molecule has 1 aromatic heterocycles. The van der Waals surface area contributed by atoms with Gasteiger partial charge in [0.15, 0.2) is 9.84 Å². The van der Waals surface area contributed by atoms with Crippen molar-refractivity contribution in [1.29, 1.82) is 0 Å². The van der Waals surface area contributed by atoms with Gasteiger partial charge in [0.05, 0.1) is 11.1 Å². The maximum absolute atomic E-state index is 11.3. The van der Waals surface area contributed by atoms with Crippen molar-refractivity contribution in [2.45, 2.75) is 15.0 Å². The molecule has 0 bridgehead atoms. The number of hydrogen-bond acceptors (Lipinski definition) is 6. The number of benzene rings is 1. The summed E-state index contributed by atoms with van der Waals surface area (Å²) in [5.41, 5.74) is 6.17. The predicted octanol–water partition coefficient (Wildman–Crippen LogP) is 1.81. The van der Waals surface area contributed by atoms with E-state index in [0.29, 0.717) is 15.8 Å². The molecule has 2 aromatic rings. The number of aromatic nitrogens is 1. The molecule has 1 heterocycles. The lowest BCUT2D eigenvalue weighted by Crippen LogP contribution is -1.99. The van der Waals surface area contributed by atoms with E-state index in [1.165, 1.54) is 36.4 Å². The average molecular weight is 270 g/mol. The summed E-state index contributed by atoms with van der Waals surface area (Å²) in [6.07, 6.45) is 4.13. The molecule has 0 radical (unpaired) electrons. The van der Waals surface area contributed by atoms with Gasteiger partial charge in [0, 0.05) is 16.8 Å². The van der Waals surface area contributed by atoms with Crippen LogP contribution in [0, 0.1) is 0 Å². The quantitative estimate of drug-likeness (QED) is 0.856. The molecule has 5 nitrogen and oxygen atoms in total. The lowest BCUT2D eigenvalue weighted by molar-refractivity contribution is 0.454. The first-order valence-electron chi connectivity index (χ1n) is 4.64. The first-order chi connectivity index (χ1) is 7.97. The molecule has 0 saturated heterocycles. The Balaban J connectivity index is 2.33. The Morgan fingerprint density at radius 2 is 2.18 bits per heavy atom. The van der Waals surface area contributed by atoms with E-state index < -0.39 is 9.84 Å². The highest BCUT2D eigenvalue weighted by molar-refractivity contribution is 7.99. The summed E-state index contributed by atoms with van der Waals surface area (Å²) in [6.45, 7) is 0. The number of anilines is 1. The summed E-state index contributed by atoms with van der Waals surface area (Å²) in [6, 6.07) is 4.58. The topological polar surface area (TPSA) is 86.2 Å². The SMILES string of the molecule is CS(=O)(=O)c1ccc(Sc2ncco2)c(N)c1. The van der Waals surface area contributed by atoms with E-state index in [1.54, 1.807) is 6.07 Å². The third kappa shape index (κ3) is 2.80. The molecule has 7 heteroatoms. The van der Waals surface area contributed by atoms with Crippen LogP contribution in [0.5, 0.6) is 0 Å². The maximum Gasteiger partial charge on any atom is 0.260 e. The molecular formula is C10H10N2O3S2. The second-order valence-corrected chi connectivity index (χ2v) is 6.38. The van der Waals surface area contributed by atoms with E-state index in [-0.39, 0.29) is 4.90 Å². The van der Waals surface area contributed by atoms with E-state index in [1.807, 2.05) is 0 Å². The van der Waals surface area contributed by atoms with Crippen LogP contribution in [0.2, 0.25) is 0 Å². The Morgan fingerprint density at radius 1 is 1.41 bits per heavy atom. The van der Waals surface area contributed by atoms with Gasteiger partial charge in [0.1, 0.15) is 6.26 Å². The van der Waals surface area contributed by atoms with Gasteiger partial charge in [-0.05, 0) is 30.0 Å². The molecule has 0 amide bonds. The summed E-state index contributed by atoms with van der Waals surface area (Å²) < 4.78 is 27.7.